The molecule has 0 saturated carbocycles. The summed E-state index contributed by atoms with van der Waals surface area (Å²) in [4.78, 5) is 43.5. The smallest absolute Gasteiger partial charge is 0.303 e. The zero-order valence-corrected chi connectivity index (χ0v) is 11.8. The Balaban J connectivity index is 2.67. The third-order valence-corrected chi connectivity index (χ3v) is 2.67. The first-order valence-electron chi connectivity index (χ1n) is 6.25. The maximum absolute atomic E-state index is 11.5. The molecule has 0 aromatic heterocycles. The summed E-state index contributed by atoms with van der Waals surface area (Å²) < 4.78 is 4.50. The molecule has 1 aromatic carbocycles. The SMILES string of the molecule is CC(=O)OCC(=O)N[C@H](Cc1ccc([N+](=O)[O-])cc1)C(N)=O. The van der Waals surface area contributed by atoms with Crippen LogP contribution in [0.4, 0.5) is 5.69 Å². The predicted octanol–water partition coefficient (Wildman–Crippen LogP) is -0.329. The Labute approximate surface area is 125 Å². The summed E-state index contributed by atoms with van der Waals surface area (Å²) in [6.45, 7) is 0.634. The number of benzene rings is 1. The van der Waals surface area contributed by atoms with Crippen molar-refractivity contribution in [1.29, 1.82) is 0 Å². The van der Waals surface area contributed by atoms with E-state index in [2.05, 4.69) is 10.1 Å². The van der Waals surface area contributed by atoms with Gasteiger partial charge < -0.3 is 15.8 Å². The summed E-state index contributed by atoms with van der Waals surface area (Å²) in [5, 5.41) is 12.9. The van der Waals surface area contributed by atoms with Gasteiger partial charge in [0.2, 0.25) is 5.91 Å². The standard InChI is InChI=1S/C13H15N3O6/c1-8(17)22-7-12(18)15-11(13(14)19)6-9-2-4-10(5-3-9)16(20)21/h2-5,11H,6-7H2,1H3,(H2,14,19)(H,15,18)/t11-/m1/s1. The highest BCUT2D eigenvalue weighted by molar-refractivity contribution is 5.88. The Kier molecular flexibility index (Phi) is 5.99. The van der Waals surface area contributed by atoms with Crippen molar-refractivity contribution in [2.75, 3.05) is 6.61 Å². The zero-order chi connectivity index (χ0) is 16.7. The maximum atomic E-state index is 11.5. The van der Waals surface area contributed by atoms with Gasteiger partial charge in [0.1, 0.15) is 6.04 Å². The molecule has 0 spiro atoms. The quantitative estimate of drug-likeness (QED) is 0.401. The fraction of sp³-hybridized carbons (Fsp3) is 0.308. The molecule has 0 radical (unpaired) electrons. The molecule has 0 bridgehead atoms. The lowest BCUT2D eigenvalue weighted by Crippen LogP contribution is -2.47. The van der Waals surface area contributed by atoms with E-state index < -0.39 is 35.4 Å². The lowest BCUT2D eigenvalue weighted by Gasteiger charge is -2.15. The minimum atomic E-state index is -1.01. The normalized spacial score (nSPS) is 11.3. The lowest BCUT2D eigenvalue weighted by molar-refractivity contribution is -0.384. The van der Waals surface area contributed by atoms with Gasteiger partial charge in [-0.05, 0) is 5.56 Å². The van der Waals surface area contributed by atoms with Crippen molar-refractivity contribution in [3.63, 3.8) is 0 Å². The summed E-state index contributed by atoms with van der Waals surface area (Å²) in [5.41, 5.74) is 5.70. The van der Waals surface area contributed by atoms with Gasteiger partial charge in [0.25, 0.3) is 11.6 Å². The average Bonchev–Trinajstić information content (AvgIpc) is 2.44. The number of hydrogen-bond donors (Lipinski definition) is 2. The molecule has 0 unspecified atom stereocenters. The van der Waals surface area contributed by atoms with E-state index in [1.807, 2.05) is 0 Å². The molecule has 1 aromatic rings. The molecular weight excluding hydrogens is 294 g/mol. The second kappa shape index (κ2) is 7.72. The third kappa shape index (κ3) is 5.57. The average molecular weight is 309 g/mol. The molecule has 0 aliphatic rings. The third-order valence-electron chi connectivity index (χ3n) is 2.67. The maximum Gasteiger partial charge on any atom is 0.303 e. The van der Waals surface area contributed by atoms with Crippen LogP contribution >= 0.6 is 0 Å². The highest BCUT2D eigenvalue weighted by atomic mass is 16.6. The highest BCUT2D eigenvalue weighted by Gasteiger charge is 2.19. The second-order valence-corrected chi connectivity index (χ2v) is 4.43. The lowest BCUT2D eigenvalue weighted by atomic mass is 10.1. The number of carbonyl (C=O) groups is 3. The van der Waals surface area contributed by atoms with Crippen LogP contribution < -0.4 is 11.1 Å². The topological polar surface area (TPSA) is 142 Å². The zero-order valence-electron chi connectivity index (χ0n) is 11.8. The van der Waals surface area contributed by atoms with Gasteiger partial charge in [0.15, 0.2) is 6.61 Å². The van der Waals surface area contributed by atoms with Crippen molar-refractivity contribution in [3.8, 4) is 0 Å². The number of esters is 1. The number of nitrogens with two attached hydrogens (primary N) is 1. The minimum Gasteiger partial charge on any atom is -0.456 e. The van der Waals surface area contributed by atoms with Crippen molar-refractivity contribution >= 4 is 23.5 Å². The summed E-state index contributed by atoms with van der Waals surface area (Å²) >= 11 is 0. The molecule has 0 saturated heterocycles. The number of hydrogen-bond acceptors (Lipinski definition) is 6. The number of nitrogens with zero attached hydrogens (tertiary/aromatic N) is 1. The van der Waals surface area contributed by atoms with Crippen LogP contribution in [0, 0.1) is 10.1 Å². The first-order valence-corrected chi connectivity index (χ1v) is 6.25. The Morgan fingerprint density at radius 2 is 1.91 bits per heavy atom. The molecule has 118 valence electrons. The summed E-state index contributed by atoms with van der Waals surface area (Å²) in [6, 6.07) is 4.49. The van der Waals surface area contributed by atoms with Crippen LogP contribution in [-0.4, -0.2) is 35.4 Å². The monoisotopic (exact) mass is 309 g/mol. The molecule has 0 heterocycles. The van der Waals surface area contributed by atoms with E-state index in [4.69, 9.17) is 5.73 Å². The largest absolute Gasteiger partial charge is 0.456 e. The predicted molar refractivity (Wildman–Crippen MR) is 74.6 cm³/mol. The van der Waals surface area contributed by atoms with Crippen molar-refractivity contribution in [2.45, 2.75) is 19.4 Å². The molecule has 9 nitrogen and oxygen atoms in total. The Morgan fingerprint density at radius 3 is 2.36 bits per heavy atom. The van der Waals surface area contributed by atoms with Crippen LogP contribution in [0.1, 0.15) is 12.5 Å². The number of nitro benzene ring substituents is 1. The number of rotatable bonds is 7. The second-order valence-electron chi connectivity index (χ2n) is 4.43. The van der Waals surface area contributed by atoms with Gasteiger partial charge in [0.05, 0.1) is 4.92 Å². The molecule has 1 rings (SSSR count). The van der Waals surface area contributed by atoms with Gasteiger partial charge in [0, 0.05) is 25.5 Å². The fourth-order valence-electron chi connectivity index (χ4n) is 1.62. The number of nitrogens with one attached hydrogen (secondary N) is 1. The van der Waals surface area contributed by atoms with Crippen LogP contribution in [0.3, 0.4) is 0 Å². The summed E-state index contributed by atoms with van der Waals surface area (Å²) in [5.74, 6) is -2.06. The molecule has 0 aliphatic carbocycles. The summed E-state index contributed by atoms with van der Waals surface area (Å²) in [6.07, 6.45) is 0.0686. The van der Waals surface area contributed by atoms with Crippen molar-refractivity contribution in [2.24, 2.45) is 5.73 Å². The summed E-state index contributed by atoms with van der Waals surface area (Å²) in [7, 11) is 0. The van der Waals surface area contributed by atoms with Gasteiger partial charge in [-0.2, -0.15) is 0 Å². The van der Waals surface area contributed by atoms with E-state index in [1.165, 1.54) is 24.3 Å². The Morgan fingerprint density at radius 1 is 1.32 bits per heavy atom. The van der Waals surface area contributed by atoms with Gasteiger partial charge in [-0.15, -0.1) is 0 Å². The molecule has 3 N–H and O–H groups in total. The fourth-order valence-corrected chi connectivity index (χ4v) is 1.62. The van der Waals surface area contributed by atoms with Gasteiger partial charge >= 0.3 is 5.97 Å². The number of amides is 2. The first-order chi connectivity index (χ1) is 10.3. The van der Waals surface area contributed by atoms with Crippen LogP contribution in [0.25, 0.3) is 0 Å². The Hall–Kier alpha value is -2.97. The van der Waals surface area contributed by atoms with E-state index in [-0.39, 0.29) is 12.1 Å². The molecular formula is C13H15N3O6. The van der Waals surface area contributed by atoms with Crippen LogP contribution in [0.2, 0.25) is 0 Å². The van der Waals surface area contributed by atoms with E-state index >= 15 is 0 Å². The van der Waals surface area contributed by atoms with Crippen LogP contribution in [-0.2, 0) is 25.5 Å². The first kappa shape index (κ1) is 17.1. The minimum absolute atomic E-state index is 0.0686. The Bertz CT molecular complexity index is 584. The van der Waals surface area contributed by atoms with E-state index in [0.717, 1.165) is 6.92 Å². The van der Waals surface area contributed by atoms with E-state index in [0.29, 0.717) is 5.56 Å². The number of nitro groups is 1. The number of primary amides is 1. The molecule has 0 aliphatic heterocycles. The molecule has 1 atom stereocenters. The molecule has 9 heteroatoms. The van der Waals surface area contributed by atoms with Crippen molar-refractivity contribution in [1.82, 2.24) is 5.32 Å². The molecule has 0 fully saturated rings. The highest BCUT2D eigenvalue weighted by Crippen LogP contribution is 2.13. The number of ether oxygens (including phenoxy) is 1. The number of non-ortho nitro benzene ring substituents is 1. The van der Waals surface area contributed by atoms with Crippen LogP contribution in [0.15, 0.2) is 24.3 Å². The number of carbonyl (C=O) groups excluding carboxylic acids is 3. The van der Waals surface area contributed by atoms with E-state index in [1.54, 1.807) is 0 Å². The van der Waals surface area contributed by atoms with E-state index in [9.17, 15) is 24.5 Å². The molecule has 2 amide bonds. The molecule has 22 heavy (non-hydrogen) atoms. The van der Waals surface area contributed by atoms with Crippen LogP contribution in [0.5, 0.6) is 0 Å². The van der Waals surface area contributed by atoms with Crippen molar-refractivity contribution < 1.29 is 24.0 Å². The van der Waals surface area contributed by atoms with Gasteiger partial charge in [-0.1, -0.05) is 12.1 Å². The van der Waals surface area contributed by atoms with Gasteiger partial charge in [-0.3, -0.25) is 24.5 Å². The van der Waals surface area contributed by atoms with Crippen molar-refractivity contribution in [3.05, 3.63) is 39.9 Å². The van der Waals surface area contributed by atoms with Gasteiger partial charge in [-0.25, -0.2) is 0 Å².